The van der Waals surface area contributed by atoms with Crippen molar-refractivity contribution in [1.82, 2.24) is 0 Å². The number of rotatable bonds is 1. The summed E-state index contributed by atoms with van der Waals surface area (Å²) in [6.07, 6.45) is 2.81. The molecule has 86 valence electrons. The van der Waals surface area contributed by atoms with E-state index < -0.39 is 0 Å². The smallest absolute Gasteiger partial charge is 0.0863 e. The minimum atomic E-state index is 0.297. The van der Waals surface area contributed by atoms with Gasteiger partial charge in [-0.05, 0) is 36.3 Å². The van der Waals surface area contributed by atoms with Crippen LogP contribution in [0.1, 0.15) is 24.5 Å². The Kier molecular flexibility index (Phi) is 3.14. The van der Waals surface area contributed by atoms with Crippen molar-refractivity contribution >= 4 is 23.4 Å². The van der Waals surface area contributed by atoms with Gasteiger partial charge in [0.1, 0.15) is 0 Å². The molecule has 2 heterocycles. The third-order valence-electron chi connectivity index (χ3n) is 3.55. The van der Waals surface area contributed by atoms with E-state index in [-0.39, 0.29) is 0 Å². The van der Waals surface area contributed by atoms with Crippen molar-refractivity contribution in [3.63, 3.8) is 0 Å². The van der Waals surface area contributed by atoms with Crippen molar-refractivity contribution in [1.29, 1.82) is 0 Å². The van der Waals surface area contributed by atoms with Crippen LogP contribution in [0.4, 0.5) is 0 Å². The van der Waals surface area contributed by atoms with Gasteiger partial charge < -0.3 is 4.74 Å². The number of ether oxygens (including phenoxy) is 1. The molecule has 2 aliphatic heterocycles. The SMILES string of the molecule is Clc1ccc(C2OCC[C@H]3SCC[C@H]23)cc1. The van der Waals surface area contributed by atoms with E-state index in [2.05, 4.69) is 23.9 Å². The summed E-state index contributed by atoms with van der Waals surface area (Å²) in [6.45, 7) is 0.904. The Hall–Kier alpha value is -0.180. The first-order valence-corrected chi connectivity index (χ1v) is 7.26. The van der Waals surface area contributed by atoms with E-state index in [1.807, 2.05) is 12.1 Å². The van der Waals surface area contributed by atoms with Crippen molar-refractivity contribution < 1.29 is 4.74 Å². The van der Waals surface area contributed by atoms with Crippen molar-refractivity contribution in [3.8, 4) is 0 Å². The van der Waals surface area contributed by atoms with Gasteiger partial charge in [0.2, 0.25) is 0 Å². The first-order valence-electron chi connectivity index (χ1n) is 5.83. The molecule has 3 rings (SSSR count). The lowest BCUT2D eigenvalue weighted by molar-refractivity contribution is -0.0223. The van der Waals surface area contributed by atoms with E-state index in [4.69, 9.17) is 16.3 Å². The summed E-state index contributed by atoms with van der Waals surface area (Å²) in [6, 6.07) is 8.15. The Bertz CT molecular complexity index is 365. The van der Waals surface area contributed by atoms with Crippen molar-refractivity contribution in [2.24, 2.45) is 5.92 Å². The average molecular weight is 255 g/mol. The minimum Gasteiger partial charge on any atom is -0.373 e. The summed E-state index contributed by atoms with van der Waals surface area (Å²) in [7, 11) is 0. The molecular weight excluding hydrogens is 240 g/mol. The molecule has 2 fully saturated rings. The number of fused-ring (bicyclic) bond motifs is 1. The van der Waals surface area contributed by atoms with E-state index in [0.717, 1.165) is 16.9 Å². The predicted octanol–water partition coefficient (Wildman–Crippen LogP) is 3.92. The molecule has 0 aromatic heterocycles. The molecule has 16 heavy (non-hydrogen) atoms. The van der Waals surface area contributed by atoms with Gasteiger partial charge in [0.05, 0.1) is 6.10 Å². The van der Waals surface area contributed by atoms with Gasteiger partial charge in [-0.25, -0.2) is 0 Å². The fourth-order valence-electron chi connectivity index (χ4n) is 2.74. The molecule has 1 aromatic rings. The summed E-state index contributed by atoms with van der Waals surface area (Å²) in [5.41, 5.74) is 1.29. The number of halogens is 1. The zero-order chi connectivity index (χ0) is 11.0. The molecule has 0 radical (unpaired) electrons. The van der Waals surface area contributed by atoms with Crippen LogP contribution in [0.5, 0.6) is 0 Å². The maximum Gasteiger partial charge on any atom is 0.0863 e. The lowest BCUT2D eigenvalue weighted by Gasteiger charge is -2.33. The molecular formula is C13H15ClOS. The monoisotopic (exact) mass is 254 g/mol. The Morgan fingerprint density at radius 3 is 2.81 bits per heavy atom. The third kappa shape index (κ3) is 1.99. The molecule has 0 N–H and O–H groups in total. The van der Waals surface area contributed by atoms with Crippen molar-refractivity contribution in [3.05, 3.63) is 34.9 Å². The Labute approximate surface area is 106 Å². The standard InChI is InChI=1S/C13H15ClOS/c14-10-3-1-9(2-4-10)13-11-6-8-16-12(11)5-7-15-13/h1-4,11-13H,5-8H2/t11-,12+,13?/m0/s1. The van der Waals surface area contributed by atoms with Crippen LogP contribution in [0.2, 0.25) is 5.02 Å². The first-order chi connectivity index (χ1) is 7.84. The first kappa shape index (κ1) is 10.9. The fourth-order valence-corrected chi connectivity index (χ4v) is 4.37. The highest BCUT2D eigenvalue weighted by Gasteiger charge is 2.38. The van der Waals surface area contributed by atoms with Gasteiger partial charge >= 0.3 is 0 Å². The number of hydrogen-bond acceptors (Lipinski definition) is 2. The Morgan fingerprint density at radius 2 is 2.00 bits per heavy atom. The molecule has 3 heteroatoms. The Morgan fingerprint density at radius 1 is 1.19 bits per heavy atom. The Balaban J connectivity index is 1.85. The second kappa shape index (κ2) is 4.59. The lowest BCUT2D eigenvalue weighted by atomic mass is 9.87. The van der Waals surface area contributed by atoms with E-state index in [1.54, 1.807) is 0 Å². The molecule has 1 nitrogen and oxygen atoms in total. The average Bonchev–Trinajstić information content (AvgIpc) is 2.78. The van der Waals surface area contributed by atoms with Gasteiger partial charge in [0, 0.05) is 22.8 Å². The van der Waals surface area contributed by atoms with Crippen LogP contribution >= 0.6 is 23.4 Å². The van der Waals surface area contributed by atoms with Gasteiger partial charge in [-0.1, -0.05) is 23.7 Å². The summed E-state index contributed by atoms with van der Waals surface area (Å²) < 4.78 is 5.96. The van der Waals surface area contributed by atoms with Gasteiger partial charge in [-0.15, -0.1) is 0 Å². The number of benzene rings is 1. The molecule has 2 saturated heterocycles. The van der Waals surface area contributed by atoms with Crippen molar-refractivity contribution in [2.75, 3.05) is 12.4 Å². The van der Waals surface area contributed by atoms with Gasteiger partial charge in [0.15, 0.2) is 0 Å². The van der Waals surface area contributed by atoms with Crippen LogP contribution in [0, 0.1) is 5.92 Å². The van der Waals surface area contributed by atoms with Crippen LogP contribution in [-0.4, -0.2) is 17.6 Å². The maximum atomic E-state index is 5.96. The number of thioether (sulfide) groups is 1. The summed E-state index contributed by atoms with van der Waals surface area (Å²) in [5.74, 6) is 2.00. The zero-order valence-corrected chi connectivity index (χ0v) is 10.6. The highest BCUT2D eigenvalue weighted by Crippen LogP contribution is 2.46. The van der Waals surface area contributed by atoms with Crippen molar-refractivity contribution in [2.45, 2.75) is 24.2 Å². The van der Waals surface area contributed by atoms with E-state index in [0.29, 0.717) is 12.0 Å². The van der Waals surface area contributed by atoms with Gasteiger partial charge in [0.25, 0.3) is 0 Å². The van der Waals surface area contributed by atoms with E-state index >= 15 is 0 Å². The quantitative estimate of drug-likeness (QED) is 0.751. The highest BCUT2D eigenvalue weighted by atomic mass is 35.5. The summed E-state index contributed by atoms with van der Waals surface area (Å²) in [4.78, 5) is 0. The van der Waals surface area contributed by atoms with Crippen LogP contribution in [0.15, 0.2) is 24.3 Å². The maximum absolute atomic E-state index is 5.96. The molecule has 1 unspecified atom stereocenters. The molecule has 0 bridgehead atoms. The predicted molar refractivity (Wildman–Crippen MR) is 69.1 cm³/mol. The molecule has 1 aromatic carbocycles. The lowest BCUT2D eigenvalue weighted by Crippen LogP contribution is -2.29. The van der Waals surface area contributed by atoms with E-state index in [9.17, 15) is 0 Å². The van der Waals surface area contributed by atoms with Crippen LogP contribution in [0.25, 0.3) is 0 Å². The van der Waals surface area contributed by atoms with E-state index in [1.165, 1.54) is 24.2 Å². The number of hydrogen-bond donors (Lipinski definition) is 0. The summed E-state index contributed by atoms with van der Waals surface area (Å²) in [5, 5.41) is 1.62. The minimum absolute atomic E-state index is 0.297. The second-order valence-electron chi connectivity index (χ2n) is 4.49. The molecule has 0 aliphatic carbocycles. The normalized spacial score (nSPS) is 33.7. The van der Waals surface area contributed by atoms with Crippen LogP contribution in [0.3, 0.4) is 0 Å². The largest absolute Gasteiger partial charge is 0.373 e. The highest BCUT2D eigenvalue weighted by molar-refractivity contribution is 8.00. The molecule has 0 saturated carbocycles. The topological polar surface area (TPSA) is 9.23 Å². The van der Waals surface area contributed by atoms with Crippen LogP contribution < -0.4 is 0 Å². The molecule has 0 amide bonds. The zero-order valence-electron chi connectivity index (χ0n) is 9.06. The van der Waals surface area contributed by atoms with Gasteiger partial charge in [-0.3, -0.25) is 0 Å². The van der Waals surface area contributed by atoms with Gasteiger partial charge in [-0.2, -0.15) is 11.8 Å². The molecule has 2 aliphatic rings. The molecule has 3 atom stereocenters. The summed E-state index contributed by atoms with van der Waals surface area (Å²) >= 11 is 8.04. The second-order valence-corrected chi connectivity index (χ2v) is 6.28. The van der Waals surface area contributed by atoms with Crippen LogP contribution in [-0.2, 0) is 4.74 Å². The third-order valence-corrected chi connectivity index (χ3v) is 5.28. The fraction of sp³-hybridized carbons (Fsp3) is 0.538. The molecule has 0 spiro atoms.